The fraction of sp³-hybridized carbons (Fsp3) is 0.400. The van der Waals surface area contributed by atoms with E-state index < -0.39 is 13.4 Å². The number of aryl methyl sites for hydroxylation is 2. The van der Waals surface area contributed by atoms with Gasteiger partial charge >= 0.3 is 13.4 Å². The average Bonchev–Trinajstić information content (AvgIpc) is 2.24. The summed E-state index contributed by atoms with van der Waals surface area (Å²) in [5.41, 5.74) is 2.98. The van der Waals surface area contributed by atoms with Crippen LogP contribution in [0.1, 0.15) is 25.0 Å². The van der Waals surface area contributed by atoms with Gasteiger partial charge in [0.05, 0.1) is 0 Å². The summed E-state index contributed by atoms with van der Waals surface area (Å²) in [6.45, 7) is -3.21. The van der Waals surface area contributed by atoms with E-state index in [1.807, 2.05) is 0 Å². The Morgan fingerprint density at radius 2 is 0.952 bits per heavy atom. The van der Waals surface area contributed by atoms with E-state index >= 15 is 0 Å². The van der Waals surface area contributed by atoms with Crippen LogP contribution in [0.5, 0.6) is 0 Å². The smallest absolute Gasteiger partial charge is 0.319 e. The van der Waals surface area contributed by atoms with Crippen molar-refractivity contribution in [2.75, 3.05) is 0 Å². The molecule has 0 saturated carbocycles. The molecule has 0 bridgehead atoms. The third-order valence-corrected chi connectivity index (χ3v) is 1.88. The van der Waals surface area contributed by atoms with Crippen LogP contribution >= 0.6 is 13.4 Å². The minimum absolute atomic E-state index is 0. The molecule has 1 aromatic carbocycles. The minimum Gasteiger partial charge on any atom is -0.325 e. The van der Waals surface area contributed by atoms with Crippen molar-refractivity contribution in [3.8, 4) is 0 Å². The van der Waals surface area contributed by atoms with E-state index in [0.717, 1.165) is 12.8 Å². The molecule has 0 amide bonds. The third-order valence-electron chi connectivity index (χ3n) is 1.88. The van der Waals surface area contributed by atoms with Crippen molar-refractivity contribution < 1.29 is 48.8 Å². The van der Waals surface area contributed by atoms with Gasteiger partial charge in [0.2, 0.25) is 0 Å². The van der Waals surface area contributed by atoms with Crippen LogP contribution < -0.4 is 0 Å². The van der Waals surface area contributed by atoms with Crippen molar-refractivity contribution in [1.29, 1.82) is 0 Å². The minimum atomic E-state index is -3.81. The molecule has 1 rings (SSSR count). The van der Waals surface area contributed by atoms with E-state index in [1.54, 1.807) is 0 Å². The van der Waals surface area contributed by atoms with E-state index in [9.17, 15) is 0 Å². The third kappa shape index (κ3) is 29.5. The Bertz CT molecular complexity index is 417. The summed E-state index contributed by atoms with van der Waals surface area (Å²) in [6.07, 6.45) is 2.31. The molecule has 0 aliphatic heterocycles. The van der Waals surface area contributed by atoms with Crippen LogP contribution in [0.25, 0.3) is 0 Å². The maximum Gasteiger partial charge on any atom is 0.319 e. The molecular weight excluding hydrogens is 408 g/mol. The second-order valence-corrected chi connectivity index (χ2v) is 8.49. The van der Waals surface area contributed by atoms with Crippen molar-refractivity contribution in [1.82, 2.24) is 0 Å². The summed E-state index contributed by atoms with van der Waals surface area (Å²) < 4.78 is 0. The second-order valence-electron chi connectivity index (χ2n) is 3.50. The van der Waals surface area contributed by atoms with Crippen molar-refractivity contribution >= 4 is 37.1 Å². The van der Waals surface area contributed by atoms with Gasteiger partial charge in [-0.05, 0) is 47.6 Å². The van der Waals surface area contributed by atoms with Gasteiger partial charge in [-0.2, -0.15) is 0 Å². The van der Waals surface area contributed by atoms with Crippen molar-refractivity contribution in [3.05, 3.63) is 35.4 Å². The van der Waals surface area contributed by atoms with Gasteiger partial charge in [-0.25, -0.2) is 0 Å². The summed E-state index contributed by atoms with van der Waals surface area (Å²) in [7, 11) is 0. The first-order valence-corrected chi connectivity index (χ1v) is 10.8. The number of rotatable bonds is 2. The van der Waals surface area contributed by atoms with Crippen molar-refractivity contribution in [2.45, 2.75) is 26.7 Å². The zero-order valence-electron chi connectivity index (χ0n) is 11.8. The Kier molecular flexibility index (Phi) is 17.0. The fourth-order valence-electron chi connectivity index (χ4n) is 1.25. The Hall–Kier alpha value is 0.903. The van der Waals surface area contributed by atoms with Gasteiger partial charge in [0.15, 0.2) is 0 Å². The van der Waals surface area contributed by atoms with Crippen LogP contribution in [0.4, 0.5) is 0 Å². The van der Waals surface area contributed by atoms with Crippen LogP contribution in [0.15, 0.2) is 24.3 Å². The average molecular weight is 428 g/mol. The summed E-state index contributed by atoms with van der Waals surface area (Å²) in [4.78, 5) is 45.3. The monoisotopic (exact) mass is 426 g/mol. The molecule has 0 saturated heterocycles. The predicted molar refractivity (Wildman–Crippen MR) is 87.1 cm³/mol. The Balaban J connectivity index is -0.000000254. The molecular formula is C10H20O6P2S2Zn. The summed E-state index contributed by atoms with van der Waals surface area (Å²) in [5, 5.41) is 0. The van der Waals surface area contributed by atoms with Gasteiger partial charge in [0.1, 0.15) is 0 Å². The topological polar surface area (TPSA) is 121 Å². The molecule has 21 heavy (non-hydrogen) atoms. The molecule has 11 heteroatoms. The van der Waals surface area contributed by atoms with Gasteiger partial charge < -0.3 is 29.4 Å². The summed E-state index contributed by atoms with van der Waals surface area (Å²) in [6, 6.07) is 8.63. The first-order valence-electron chi connectivity index (χ1n) is 5.51. The van der Waals surface area contributed by atoms with Crippen LogP contribution in [-0.2, 0) is 55.9 Å². The first-order chi connectivity index (χ1) is 8.88. The fourth-order valence-corrected chi connectivity index (χ4v) is 1.25. The Labute approximate surface area is 147 Å². The molecule has 0 heterocycles. The predicted octanol–water partition coefficient (Wildman–Crippen LogP) is 1.18. The normalized spacial score (nSPS) is 10.3. The Morgan fingerprint density at radius 1 is 0.762 bits per heavy atom. The van der Waals surface area contributed by atoms with Gasteiger partial charge in [-0.15, -0.1) is 0 Å². The van der Waals surface area contributed by atoms with E-state index in [4.69, 9.17) is 29.4 Å². The molecule has 6 N–H and O–H groups in total. The molecule has 6 nitrogen and oxygen atoms in total. The van der Waals surface area contributed by atoms with Gasteiger partial charge in [-0.1, -0.05) is 38.1 Å². The van der Waals surface area contributed by atoms with E-state index in [2.05, 4.69) is 61.7 Å². The van der Waals surface area contributed by atoms with E-state index in [1.165, 1.54) is 11.1 Å². The number of hydrogen-bond acceptors (Lipinski definition) is 2. The standard InChI is InChI=1S/C10H14.2H3O3PS.Zn/c1-3-9-7-5-6-8-10(9)4-2;2*1-4(2,3)5;/h5-8H,3-4H2,1-2H3;2*(H3,1,2,3,5);. The molecule has 0 fully saturated rings. The maximum absolute atomic E-state index is 7.56. The molecule has 1 aromatic rings. The zero-order valence-corrected chi connectivity index (χ0v) is 18.2. The van der Waals surface area contributed by atoms with E-state index in [0.29, 0.717) is 0 Å². The van der Waals surface area contributed by atoms with Crippen LogP contribution in [-0.4, -0.2) is 29.4 Å². The zero-order chi connectivity index (χ0) is 16.4. The summed E-state index contributed by atoms with van der Waals surface area (Å²) in [5.74, 6) is 0. The van der Waals surface area contributed by atoms with Crippen molar-refractivity contribution in [2.24, 2.45) is 0 Å². The molecule has 0 spiro atoms. The maximum atomic E-state index is 7.56. The number of hydrogen-bond donors (Lipinski definition) is 6. The molecule has 120 valence electrons. The summed E-state index contributed by atoms with van der Waals surface area (Å²) >= 11 is 7.21. The SMILES string of the molecule is CCc1ccccc1CC.OP(O)(O)=S.OP(O)(O)=S.[Zn]. The Morgan fingerprint density at radius 3 is 1.10 bits per heavy atom. The second kappa shape index (κ2) is 13.4. The largest absolute Gasteiger partial charge is 0.325 e. The van der Waals surface area contributed by atoms with Gasteiger partial charge in [0.25, 0.3) is 0 Å². The van der Waals surface area contributed by atoms with Crippen LogP contribution in [0.2, 0.25) is 0 Å². The van der Waals surface area contributed by atoms with E-state index in [-0.39, 0.29) is 19.5 Å². The number of benzene rings is 1. The molecule has 0 aromatic heterocycles. The molecule has 0 aliphatic rings. The first kappa shape index (κ1) is 26.8. The van der Waals surface area contributed by atoms with Gasteiger partial charge in [-0.3, -0.25) is 0 Å². The molecule has 0 radical (unpaired) electrons. The van der Waals surface area contributed by atoms with Gasteiger partial charge in [0, 0.05) is 19.5 Å². The molecule has 0 aliphatic carbocycles. The quantitative estimate of drug-likeness (QED) is 0.307. The van der Waals surface area contributed by atoms with Crippen LogP contribution in [0.3, 0.4) is 0 Å². The molecule has 0 unspecified atom stereocenters. The van der Waals surface area contributed by atoms with Crippen LogP contribution in [0, 0.1) is 0 Å². The molecule has 0 atom stereocenters. The van der Waals surface area contributed by atoms with Crippen molar-refractivity contribution in [3.63, 3.8) is 0 Å².